The van der Waals surface area contributed by atoms with Crippen molar-refractivity contribution in [3.05, 3.63) is 144 Å². The maximum absolute atomic E-state index is 6.37. The Morgan fingerprint density at radius 1 is 0.984 bits per heavy atom. The third-order valence-corrected chi connectivity index (χ3v) is 13.3. The standard InChI is InChI=1S/C54H68N6OS/c1-10-47-48(41(5)59(9)49-26-23-38(2)58-40(49)4)21-17-22-50(47)61-33-15-13-11-12-14-18-39(3)60-31-28-44(29-32-60)53-57-37-51(62-53)46-35-45(52(55)56-36-46)25-24-42-19-16-20-43(34-42)27-30-54(6,7)8/h10,16-17,19-22,34-37,44,49,58H,1-5,11-15,18,23-26,28-29,31-33H2,6-9H3,(H2,55,56). The number of aromatic nitrogens is 2. The second kappa shape index (κ2) is 21.5. The third-order valence-electron chi connectivity index (χ3n) is 12.1. The van der Waals surface area contributed by atoms with Gasteiger partial charge in [0.05, 0.1) is 22.5 Å². The number of nitrogens with two attached hydrogens (primary N) is 1. The Morgan fingerprint density at radius 2 is 1.74 bits per heavy atom. The van der Waals surface area contributed by atoms with Crippen molar-refractivity contribution in [3.8, 4) is 28.0 Å². The molecule has 0 aliphatic carbocycles. The Hall–Kier alpha value is -5.52. The molecule has 2 aromatic heterocycles. The van der Waals surface area contributed by atoms with Gasteiger partial charge >= 0.3 is 0 Å². The van der Waals surface area contributed by atoms with Crippen LogP contribution in [-0.4, -0.2) is 52.6 Å². The molecule has 8 heteroatoms. The van der Waals surface area contributed by atoms with E-state index in [4.69, 9.17) is 15.5 Å². The summed E-state index contributed by atoms with van der Waals surface area (Å²) in [6, 6.07) is 17.0. The molecule has 2 fully saturated rings. The quantitative estimate of drug-likeness (QED) is 0.0718. The smallest absolute Gasteiger partial charge is 0.127 e. The molecule has 4 aromatic rings. The normalized spacial score (nSPS) is 15.7. The number of rotatable bonds is 19. The monoisotopic (exact) mass is 849 g/mol. The van der Waals surface area contributed by atoms with E-state index in [0.717, 1.165) is 126 Å². The number of pyridine rings is 1. The van der Waals surface area contributed by atoms with Gasteiger partial charge in [-0.2, -0.15) is 0 Å². The van der Waals surface area contributed by atoms with Crippen molar-refractivity contribution in [1.29, 1.82) is 0 Å². The summed E-state index contributed by atoms with van der Waals surface area (Å²) in [5, 5.41) is 4.54. The summed E-state index contributed by atoms with van der Waals surface area (Å²) in [7, 11) is 2.08. The van der Waals surface area contributed by atoms with Crippen molar-refractivity contribution < 1.29 is 4.74 Å². The number of unbranched alkanes of at least 4 members (excludes halogenated alkanes) is 4. The first-order valence-electron chi connectivity index (χ1n) is 22.5. The van der Waals surface area contributed by atoms with Crippen LogP contribution in [0, 0.1) is 17.3 Å². The SMILES string of the molecule is C=Cc1c(OCCCCCCCC(=C)N2CCC(c3ncc(-c4cnc(N)c(CCc5cccc(C#CC(C)(C)C)c5)c4)s3)CC2)cccc1C(=C)N(C)C1CCC(=C)NC1=C. The molecule has 0 saturated carbocycles. The van der Waals surface area contributed by atoms with E-state index < -0.39 is 0 Å². The molecule has 62 heavy (non-hydrogen) atoms. The van der Waals surface area contributed by atoms with Crippen molar-refractivity contribution in [2.75, 3.05) is 32.5 Å². The zero-order valence-electron chi connectivity index (χ0n) is 37.8. The zero-order chi connectivity index (χ0) is 44.2. The lowest BCUT2D eigenvalue weighted by atomic mass is 9.96. The fourth-order valence-corrected chi connectivity index (χ4v) is 9.42. The van der Waals surface area contributed by atoms with Crippen LogP contribution in [-0.2, 0) is 12.8 Å². The first-order valence-corrected chi connectivity index (χ1v) is 23.3. The number of piperidine rings is 2. The Balaban J connectivity index is 0.884. The number of nitrogens with zero attached hydrogens (tertiary/aromatic N) is 4. The van der Waals surface area contributed by atoms with E-state index in [1.807, 2.05) is 30.6 Å². The Kier molecular flexibility index (Phi) is 16.0. The third kappa shape index (κ3) is 12.5. The average Bonchev–Trinajstić information content (AvgIpc) is 3.76. The maximum atomic E-state index is 6.37. The number of likely N-dealkylation sites (tertiary alicyclic amines) is 1. The highest BCUT2D eigenvalue weighted by molar-refractivity contribution is 7.15. The predicted octanol–water partition coefficient (Wildman–Crippen LogP) is 12.4. The van der Waals surface area contributed by atoms with E-state index in [0.29, 0.717) is 18.3 Å². The number of likely N-dealkylation sites (N-methyl/N-ethyl adjacent to an activating group) is 1. The van der Waals surface area contributed by atoms with Crippen molar-refractivity contribution in [3.63, 3.8) is 0 Å². The van der Waals surface area contributed by atoms with E-state index in [1.54, 1.807) is 11.3 Å². The van der Waals surface area contributed by atoms with Gasteiger partial charge in [0, 0.05) is 88.9 Å². The molecule has 326 valence electrons. The summed E-state index contributed by atoms with van der Waals surface area (Å²) in [6.45, 7) is 30.5. The Morgan fingerprint density at radius 3 is 2.50 bits per heavy atom. The molecule has 0 amide bonds. The van der Waals surface area contributed by atoms with Gasteiger partial charge in [0.25, 0.3) is 0 Å². The molecular formula is C54H68N6OS. The van der Waals surface area contributed by atoms with Crippen LogP contribution in [0.1, 0.15) is 124 Å². The molecule has 2 saturated heterocycles. The van der Waals surface area contributed by atoms with Crippen molar-refractivity contribution in [1.82, 2.24) is 25.1 Å². The van der Waals surface area contributed by atoms with Gasteiger partial charge < -0.3 is 25.6 Å². The number of thiazole rings is 1. The van der Waals surface area contributed by atoms with Crippen LogP contribution in [0.3, 0.4) is 0 Å². The molecule has 2 aromatic carbocycles. The van der Waals surface area contributed by atoms with Crippen LogP contribution in [0.4, 0.5) is 5.82 Å². The number of ether oxygens (including phenoxy) is 1. The minimum atomic E-state index is -0.0246. The predicted molar refractivity (Wildman–Crippen MR) is 264 cm³/mol. The van der Waals surface area contributed by atoms with Crippen molar-refractivity contribution in [2.45, 2.75) is 110 Å². The van der Waals surface area contributed by atoms with Gasteiger partial charge in [0.15, 0.2) is 0 Å². The lowest BCUT2D eigenvalue weighted by Crippen LogP contribution is -2.39. The van der Waals surface area contributed by atoms with E-state index in [2.05, 4.69) is 129 Å². The summed E-state index contributed by atoms with van der Waals surface area (Å²) < 4.78 is 6.31. The Labute approximate surface area is 376 Å². The molecule has 0 bridgehead atoms. The van der Waals surface area contributed by atoms with Gasteiger partial charge in [0.1, 0.15) is 11.6 Å². The molecule has 2 aliphatic rings. The van der Waals surface area contributed by atoms with E-state index in [1.165, 1.54) is 35.5 Å². The van der Waals surface area contributed by atoms with Gasteiger partial charge in [-0.1, -0.05) is 94.3 Å². The highest BCUT2D eigenvalue weighted by Crippen LogP contribution is 2.37. The Bertz CT molecular complexity index is 2290. The highest BCUT2D eigenvalue weighted by atomic mass is 32.1. The van der Waals surface area contributed by atoms with Crippen LogP contribution < -0.4 is 15.8 Å². The molecule has 0 spiro atoms. The van der Waals surface area contributed by atoms with Crippen molar-refractivity contribution in [2.24, 2.45) is 5.41 Å². The second-order valence-corrected chi connectivity index (χ2v) is 19.1. The first kappa shape index (κ1) is 46.0. The van der Waals surface area contributed by atoms with Gasteiger partial charge in [0.2, 0.25) is 0 Å². The van der Waals surface area contributed by atoms with Crippen LogP contribution in [0.15, 0.2) is 111 Å². The lowest BCUT2D eigenvalue weighted by Gasteiger charge is -2.37. The van der Waals surface area contributed by atoms with Crippen LogP contribution in [0.5, 0.6) is 5.75 Å². The molecular weight excluding hydrogens is 781 g/mol. The number of allylic oxidation sites excluding steroid dienone is 2. The first-order chi connectivity index (χ1) is 29.8. The number of benzene rings is 2. The summed E-state index contributed by atoms with van der Waals surface area (Å²) in [5.41, 5.74) is 17.0. The summed E-state index contributed by atoms with van der Waals surface area (Å²) in [6.07, 6.45) is 18.4. The fraction of sp³-hybridized carbons (Fsp3) is 0.407. The van der Waals surface area contributed by atoms with Gasteiger partial charge in [-0.05, 0) is 114 Å². The van der Waals surface area contributed by atoms with E-state index in [9.17, 15) is 0 Å². The number of hydrogen-bond donors (Lipinski definition) is 2. The fourth-order valence-electron chi connectivity index (χ4n) is 8.35. The minimum Gasteiger partial charge on any atom is -0.493 e. The van der Waals surface area contributed by atoms with Crippen LogP contribution >= 0.6 is 11.3 Å². The largest absolute Gasteiger partial charge is 0.493 e. The van der Waals surface area contributed by atoms with Crippen LogP contribution in [0.25, 0.3) is 22.2 Å². The summed E-state index contributed by atoms with van der Waals surface area (Å²) in [5.74, 6) is 8.59. The maximum Gasteiger partial charge on any atom is 0.127 e. The molecule has 0 radical (unpaired) electrons. The van der Waals surface area contributed by atoms with Gasteiger partial charge in [-0.15, -0.1) is 11.3 Å². The molecule has 2 aliphatic heterocycles. The number of nitrogen functional groups attached to an aromatic ring is 1. The lowest BCUT2D eigenvalue weighted by molar-refractivity contribution is 0.255. The summed E-state index contributed by atoms with van der Waals surface area (Å²) in [4.78, 5) is 15.3. The van der Waals surface area contributed by atoms with Crippen LogP contribution in [0.2, 0.25) is 0 Å². The zero-order valence-corrected chi connectivity index (χ0v) is 38.6. The number of anilines is 1. The number of hydrogen-bond acceptors (Lipinski definition) is 8. The molecule has 6 rings (SSSR count). The highest BCUT2D eigenvalue weighted by Gasteiger charge is 2.26. The average molecular weight is 849 g/mol. The second-order valence-electron chi connectivity index (χ2n) is 18.0. The summed E-state index contributed by atoms with van der Waals surface area (Å²) >= 11 is 1.80. The molecule has 3 N–H and O–H groups in total. The van der Waals surface area contributed by atoms with Crippen molar-refractivity contribution >= 4 is 28.9 Å². The minimum absolute atomic E-state index is 0.0246. The molecule has 1 unspecified atom stereocenters. The van der Waals surface area contributed by atoms with Gasteiger partial charge in [-0.25, -0.2) is 9.97 Å². The molecule has 7 nitrogen and oxygen atoms in total. The van der Waals surface area contributed by atoms with E-state index in [-0.39, 0.29) is 11.5 Å². The number of nitrogens with one attached hydrogen (secondary N) is 1. The topological polar surface area (TPSA) is 79.5 Å². The molecule has 4 heterocycles. The molecule has 1 atom stereocenters. The van der Waals surface area contributed by atoms with E-state index >= 15 is 0 Å². The van der Waals surface area contributed by atoms with Gasteiger partial charge in [-0.3, -0.25) is 0 Å². The number of aryl methyl sites for hydroxylation is 2.